The van der Waals surface area contributed by atoms with Crippen LogP contribution in [0.4, 0.5) is 5.69 Å². The molecule has 0 fully saturated rings. The minimum atomic E-state index is -0.0301. The van der Waals surface area contributed by atoms with Crippen LogP contribution in [0.3, 0.4) is 0 Å². The summed E-state index contributed by atoms with van der Waals surface area (Å²) in [5.74, 6) is 1.21. The van der Waals surface area contributed by atoms with Gasteiger partial charge in [-0.25, -0.2) is 4.99 Å². The van der Waals surface area contributed by atoms with Crippen molar-refractivity contribution in [3.63, 3.8) is 0 Å². The number of para-hydroxylation sites is 1. The van der Waals surface area contributed by atoms with Crippen molar-refractivity contribution in [3.8, 4) is 27.9 Å². The summed E-state index contributed by atoms with van der Waals surface area (Å²) < 4.78 is 8.90. The summed E-state index contributed by atoms with van der Waals surface area (Å²) in [6.45, 7) is 2.17. The summed E-state index contributed by atoms with van der Waals surface area (Å²) in [7, 11) is 0. The second-order valence-corrected chi connectivity index (χ2v) is 15.4. The van der Waals surface area contributed by atoms with Crippen molar-refractivity contribution in [3.05, 3.63) is 217 Å². The first-order valence-electron chi connectivity index (χ1n) is 20.1. The van der Waals surface area contributed by atoms with E-state index in [1.165, 1.54) is 54.5 Å². The average Bonchev–Trinajstić information content (AvgIpc) is 3.84. The number of nitrogens with zero attached hydrogens (tertiary/aromatic N) is 2. The standard InChI is InChI=1S/C55H39N3O/c1-35(42-24-21-37-13-5-6-15-43(37)33-42)54-53(47-17-9-10-18-51(47)59-54)57-55(56)41-22-19-38(20-23-41)39-25-29-45(30-26-39)58-49-31-28-44(36-11-3-2-4-12-36)34-48(49)52-46-16-8-7-14-40(46)27-32-50(52)58/h2-35H,1H3,(H2,56,57). The van der Waals surface area contributed by atoms with E-state index < -0.39 is 0 Å². The van der Waals surface area contributed by atoms with Crippen LogP contribution in [0.25, 0.3) is 82.3 Å². The molecule has 0 radical (unpaired) electrons. The third-order valence-electron chi connectivity index (χ3n) is 11.9. The van der Waals surface area contributed by atoms with Gasteiger partial charge >= 0.3 is 0 Å². The molecule has 0 saturated heterocycles. The van der Waals surface area contributed by atoms with Crippen molar-refractivity contribution in [2.24, 2.45) is 10.7 Å². The monoisotopic (exact) mass is 757 g/mol. The van der Waals surface area contributed by atoms with E-state index in [2.05, 4.69) is 193 Å². The second-order valence-electron chi connectivity index (χ2n) is 15.4. The molecule has 11 aromatic rings. The fourth-order valence-corrected chi connectivity index (χ4v) is 8.79. The highest BCUT2D eigenvalue weighted by Crippen LogP contribution is 2.42. The van der Waals surface area contributed by atoms with Gasteiger partial charge in [-0.05, 0) is 91.8 Å². The number of rotatable bonds is 7. The van der Waals surface area contributed by atoms with E-state index in [1.807, 2.05) is 18.2 Å². The number of fused-ring (bicyclic) bond motifs is 7. The quantitative estimate of drug-likeness (QED) is 0.130. The Labute approximate surface area is 342 Å². The third kappa shape index (κ3) is 5.96. The predicted octanol–water partition coefficient (Wildman–Crippen LogP) is 14.4. The lowest BCUT2D eigenvalue weighted by Gasteiger charge is -2.12. The number of amidine groups is 1. The molecule has 0 aliphatic carbocycles. The fourth-order valence-electron chi connectivity index (χ4n) is 8.79. The molecule has 4 nitrogen and oxygen atoms in total. The lowest BCUT2D eigenvalue weighted by Crippen LogP contribution is -2.12. The zero-order chi connectivity index (χ0) is 39.5. The Bertz CT molecular complexity index is 3390. The van der Waals surface area contributed by atoms with E-state index in [1.54, 1.807) is 0 Å². The Balaban J connectivity index is 0.926. The van der Waals surface area contributed by atoms with Crippen LogP contribution in [0.2, 0.25) is 0 Å². The average molecular weight is 758 g/mol. The third-order valence-corrected chi connectivity index (χ3v) is 11.9. The second kappa shape index (κ2) is 14.0. The van der Waals surface area contributed by atoms with Crippen molar-refractivity contribution >= 4 is 65.8 Å². The molecule has 2 heterocycles. The maximum atomic E-state index is 6.80. The van der Waals surface area contributed by atoms with Crippen molar-refractivity contribution < 1.29 is 4.42 Å². The van der Waals surface area contributed by atoms with Gasteiger partial charge in [-0.2, -0.15) is 0 Å². The van der Waals surface area contributed by atoms with Gasteiger partial charge in [0.05, 0.1) is 11.0 Å². The zero-order valence-electron chi connectivity index (χ0n) is 32.5. The van der Waals surface area contributed by atoms with Crippen LogP contribution in [0, 0.1) is 0 Å². The molecule has 0 aliphatic rings. The largest absolute Gasteiger partial charge is 0.458 e. The van der Waals surface area contributed by atoms with Crippen molar-refractivity contribution in [1.29, 1.82) is 0 Å². The molecule has 280 valence electrons. The Morgan fingerprint density at radius 3 is 1.92 bits per heavy atom. The van der Waals surface area contributed by atoms with Gasteiger partial charge in [0.25, 0.3) is 0 Å². The fraction of sp³-hybridized carbons (Fsp3) is 0.0364. The van der Waals surface area contributed by atoms with E-state index in [9.17, 15) is 0 Å². The van der Waals surface area contributed by atoms with Crippen LogP contribution in [-0.2, 0) is 0 Å². The van der Waals surface area contributed by atoms with Gasteiger partial charge in [-0.1, -0.05) is 165 Å². The van der Waals surface area contributed by atoms with Gasteiger partial charge in [0.15, 0.2) is 0 Å². The SMILES string of the molecule is CC(c1ccc2ccccc2c1)c1oc2ccccc2c1N=C(N)c1ccc(-c2ccc(-n3c4ccc(-c5ccccc5)cc4c4c5ccccc5ccc43)cc2)cc1. The minimum absolute atomic E-state index is 0.0301. The molecule has 1 unspecified atom stereocenters. The van der Waals surface area contributed by atoms with Crippen molar-refractivity contribution in [2.45, 2.75) is 12.8 Å². The number of aromatic nitrogens is 1. The Morgan fingerprint density at radius 1 is 0.508 bits per heavy atom. The minimum Gasteiger partial charge on any atom is -0.458 e. The topological polar surface area (TPSA) is 56.4 Å². The van der Waals surface area contributed by atoms with Crippen LogP contribution < -0.4 is 5.73 Å². The smallest absolute Gasteiger partial charge is 0.138 e. The summed E-state index contributed by atoms with van der Waals surface area (Å²) in [5.41, 5.74) is 18.5. The first-order valence-corrected chi connectivity index (χ1v) is 20.1. The number of hydrogen-bond acceptors (Lipinski definition) is 2. The van der Waals surface area contributed by atoms with Gasteiger partial charge in [0.1, 0.15) is 22.9 Å². The number of nitrogens with two attached hydrogens (primary N) is 1. The Morgan fingerprint density at radius 2 is 1.12 bits per heavy atom. The van der Waals surface area contributed by atoms with Crippen LogP contribution in [-0.4, -0.2) is 10.4 Å². The molecule has 2 N–H and O–H groups in total. The molecule has 9 aromatic carbocycles. The van der Waals surface area contributed by atoms with Gasteiger partial charge < -0.3 is 14.7 Å². The molecular weight excluding hydrogens is 719 g/mol. The van der Waals surface area contributed by atoms with E-state index in [0.29, 0.717) is 5.84 Å². The lowest BCUT2D eigenvalue weighted by atomic mass is 9.95. The van der Waals surface area contributed by atoms with Gasteiger partial charge in [-0.3, -0.25) is 0 Å². The number of aliphatic imine (C=N–C) groups is 1. The van der Waals surface area contributed by atoms with Crippen molar-refractivity contribution in [1.82, 2.24) is 4.57 Å². The van der Waals surface area contributed by atoms with Gasteiger partial charge in [0, 0.05) is 33.3 Å². The van der Waals surface area contributed by atoms with Crippen LogP contribution >= 0.6 is 0 Å². The summed E-state index contributed by atoms with van der Waals surface area (Å²) in [4.78, 5) is 5.06. The van der Waals surface area contributed by atoms with E-state index in [4.69, 9.17) is 15.1 Å². The molecule has 59 heavy (non-hydrogen) atoms. The first kappa shape index (κ1) is 34.5. The highest BCUT2D eigenvalue weighted by molar-refractivity contribution is 6.22. The van der Waals surface area contributed by atoms with Crippen LogP contribution in [0.1, 0.15) is 29.7 Å². The first-order chi connectivity index (χ1) is 29.1. The van der Waals surface area contributed by atoms with Crippen LogP contribution in [0.5, 0.6) is 0 Å². The van der Waals surface area contributed by atoms with Crippen molar-refractivity contribution in [2.75, 3.05) is 0 Å². The zero-order valence-corrected chi connectivity index (χ0v) is 32.5. The number of benzene rings is 9. The van der Waals surface area contributed by atoms with E-state index >= 15 is 0 Å². The molecule has 0 bridgehead atoms. The molecule has 11 rings (SSSR count). The predicted molar refractivity (Wildman–Crippen MR) is 247 cm³/mol. The highest BCUT2D eigenvalue weighted by Gasteiger charge is 2.22. The number of hydrogen-bond donors (Lipinski definition) is 1. The summed E-state index contributed by atoms with van der Waals surface area (Å²) in [6, 6.07) is 70.9. The Hall–Kier alpha value is -7.69. The molecular formula is C55H39N3O. The molecule has 0 saturated carbocycles. The summed E-state index contributed by atoms with van der Waals surface area (Å²) in [5, 5.41) is 8.38. The normalized spacial score (nSPS) is 12.6. The molecule has 2 aromatic heterocycles. The van der Waals surface area contributed by atoms with E-state index in [-0.39, 0.29) is 5.92 Å². The molecule has 0 aliphatic heterocycles. The maximum absolute atomic E-state index is 6.80. The number of furan rings is 1. The summed E-state index contributed by atoms with van der Waals surface area (Å²) >= 11 is 0. The maximum Gasteiger partial charge on any atom is 0.138 e. The van der Waals surface area contributed by atoms with Crippen LogP contribution in [0.15, 0.2) is 210 Å². The summed E-state index contributed by atoms with van der Waals surface area (Å²) in [6.07, 6.45) is 0. The van der Waals surface area contributed by atoms with E-state index in [0.717, 1.165) is 50.4 Å². The molecule has 0 spiro atoms. The van der Waals surface area contributed by atoms with Gasteiger partial charge in [0.2, 0.25) is 0 Å². The highest BCUT2D eigenvalue weighted by atomic mass is 16.3. The Kier molecular flexibility index (Phi) is 8.23. The molecule has 1 atom stereocenters. The molecule has 4 heteroatoms. The van der Waals surface area contributed by atoms with Gasteiger partial charge in [-0.15, -0.1) is 0 Å². The molecule has 0 amide bonds. The lowest BCUT2D eigenvalue weighted by molar-refractivity contribution is 0.534.